The SMILES string of the molecule is CCC/C=N/Nc1cncnc1. The highest BCUT2D eigenvalue weighted by Crippen LogP contribution is 1.98. The van der Waals surface area contributed by atoms with E-state index in [0.29, 0.717) is 0 Å². The van der Waals surface area contributed by atoms with E-state index in [4.69, 9.17) is 0 Å². The lowest BCUT2D eigenvalue weighted by Gasteiger charge is -1.95. The third-order valence-electron chi connectivity index (χ3n) is 1.26. The number of hydrazone groups is 1. The summed E-state index contributed by atoms with van der Waals surface area (Å²) in [7, 11) is 0. The Morgan fingerprint density at radius 3 is 2.92 bits per heavy atom. The van der Waals surface area contributed by atoms with Crippen LogP contribution in [0.4, 0.5) is 5.69 Å². The molecule has 0 radical (unpaired) electrons. The lowest BCUT2D eigenvalue weighted by Crippen LogP contribution is -1.90. The number of hydrogen-bond acceptors (Lipinski definition) is 4. The van der Waals surface area contributed by atoms with Crippen LogP contribution in [0.2, 0.25) is 0 Å². The summed E-state index contributed by atoms with van der Waals surface area (Å²) >= 11 is 0. The van der Waals surface area contributed by atoms with Crippen LogP contribution in [-0.4, -0.2) is 16.2 Å². The summed E-state index contributed by atoms with van der Waals surface area (Å²) in [5.74, 6) is 0. The topological polar surface area (TPSA) is 50.2 Å². The fourth-order valence-corrected chi connectivity index (χ4v) is 0.671. The molecule has 0 aliphatic heterocycles. The summed E-state index contributed by atoms with van der Waals surface area (Å²) in [4.78, 5) is 7.67. The van der Waals surface area contributed by atoms with Crippen molar-refractivity contribution < 1.29 is 0 Å². The second-order valence-corrected chi connectivity index (χ2v) is 2.34. The van der Waals surface area contributed by atoms with Gasteiger partial charge in [0.1, 0.15) is 6.33 Å². The molecule has 0 aliphatic rings. The number of unbranched alkanes of at least 4 members (excludes halogenated alkanes) is 1. The number of hydrogen-bond donors (Lipinski definition) is 1. The number of nitrogens with one attached hydrogen (secondary N) is 1. The van der Waals surface area contributed by atoms with Gasteiger partial charge in [-0.2, -0.15) is 5.10 Å². The Morgan fingerprint density at radius 1 is 1.50 bits per heavy atom. The second-order valence-electron chi connectivity index (χ2n) is 2.34. The molecule has 1 N–H and O–H groups in total. The van der Waals surface area contributed by atoms with Crippen molar-refractivity contribution in [3.05, 3.63) is 18.7 Å². The zero-order valence-electron chi connectivity index (χ0n) is 7.07. The Bertz CT molecular complexity index is 232. The molecule has 0 atom stereocenters. The molecule has 4 nitrogen and oxygen atoms in total. The molecule has 0 amide bonds. The molecule has 0 fully saturated rings. The van der Waals surface area contributed by atoms with Gasteiger partial charge in [-0.15, -0.1) is 0 Å². The Balaban J connectivity index is 2.33. The van der Waals surface area contributed by atoms with Crippen molar-refractivity contribution in [3.63, 3.8) is 0 Å². The Hall–Kier alpha value is -1.45. The van der Waals surface area contributed by atoms with E-state index in [0.717, 1.165) is 18.5 Å². The first-order chi connectivity index (χ1) is 5.93. The zero-order chi connectivity index (χ0) is 8.65. The maximum absolute atomic E-state index is 3.98. The van der Waals surface area contributed by atoms with Gasteiger partial charge in [-0.05, 0) is 6.42 Å². The van der Waals surface area contributed by atoms with Crippen molar-refractivity contribution in [2.24, 2.45) is 5.10 Å². The average Bonchev–Trinajstić information content (AvgIpc) is 2.14. The molecule has 1 heterocycles. The van der Waals surface area contributed by atoms with Gasteiger partial charge >= 0.3 is 0 Å². The fraction of sp³-hybridized carbons (Fsp3) is 0.375. The van der Waals surface area contributed by atoms with Gasteiger partial charge in [0.15, 0.2) is 0 Å². The molecule has 0 spiro atoms. The van der Waals surface area contributed by atoms with Crippen molar-refractivity contribution in [2.45, 2.75) is 19.8 Å². The van der Waals surface area contributed by atoms with E-state index in [1.807, 2.05) is 6.21 Å². The molecule has 0 saturated heterocycles. The van der Waals surface area contributed by atoms with Gasteiger partial charge in [0.25, 0.3) is 0 Å². The van der Waals surface area contributed by atoms with Crippen LogP contribution in [0.1, 0.15) is 19.8 Å². The summed E-state index contributed by atoms with van der Waals surface area (Å²) in [6.07, 6.45) is 8.78. The molecule has 0 unspecified atom stereocenters. The lowest BCUT2D eigenvalue weighted by atomic mass is 10.4. The minimum atomic E-state index is 0.810. The van der Waals surface area contributed by atoms with Crippen molar-refractivity contribution in [2.75, 3.05) is 5.43 Å². The number of anilines is 1. The number of rotatable bonds is 4. The molecule has 64 valence electrons. The van der Waals surface area contributed by atoms with E-state index in [-0.39, 0.29) is 0 Å². The predicted octanol–water partition coefficient (Wildman–Crippen LogP) is 1.67. The molecule has 0 saturated carbocycles. The third kappa shape index (κ3) is 3.09. The molecular formula is C8H12N4. The standard InChI is InChI=1S/C8H12N4/c1-2-3-4-11-12-8-5-9-7-10-6-8/h4-7,12H,2-3H2,1H3/b11-4+. The first-order valence-electron chi connectivity index (χ1n) is 3.96. The summed E-state index contributed by atoms with van der Waals surface area (Å²) in [6.45, 7) is 2.11. The van der Waals surface area contributed by atoms with Crippen LogP contribution in [0.15, 0.2) is 23.8 Å². The monoisotopic (exact) mass is 164 g/mol. The van der Waals surface area contributed by atoms with Gasteiger partial charge in [0, 0.05) is 6.21 Å². The Labute approximate surface area is 71.7 Å². The van der Waals surface area contributed by atoms with Crippen molar-refractivity contribution in [1.29, 1.82) is 0 Å². The summed E-state index contributed by atoms with van der Waals surface area (Å²) < 4.78 is 0. The van der Waals surface area contributed by atoms with Crippen molar-refractivity contribution in [1.82, 2.24) is 9.97 Å². The van der Waals surface area contributed by atoms with E-state index in [9.17, 15) is 0 Å². The van der Waals surface area contributed by atoms with Gasteiger partial charge in [0.05, 0.1) is 18.1 Å². The number of nitrogens with zero attached hydrogens (tertiary/aromatic N) is 3. The largest absolute Gasteiger partial charge is 0.276 e. The predicted molar refractivity (Wildman–Crippen MR) is 49.1 cm³/mol. The van der Waals surface area contributed by atoms with Crippen LogP contribution in [-0.2, 0) is 0 Å². The Morgan fingerprint density at radius 2 is 2.25 bits per heavy atom. The normalized spacial score (nSPS) is 10.4. The summed E-state index contributed by atoms with van der Waals surface area (Å²) in [6, 6.07) is 0. The van der Waals surface area contributed by atoms with Crippen molar-refractivity contribution in [3.8, 4) is 0 Å². The first kappa shape index (κ1) is 8.64. The average molecular weight is 164 g/mol. The number of aromatic nitrogens is 2. The highest BCUT2D eigenvalue weighted by molar-refractivity contribution is 5.58. The van der Waals surface area contributed by atoms with Gasteiger partial charge in [-0.25, -0.2) is 9.97 Å². The van der Waals surface area contributed by atoms with E-state index >= 15 is 0 Å². The quantitative estimate of drug-likeness (QED) is 0.544. The van der Waals surface area contributed by atoms with Gasteiger partial charge in [-0.1, -0.05) is 13.3 Å². The first-order valence-corrected chi connectivity index (χ1v) is 3.96. The maximum atomic E-state index is 3.98. The minimum absolute atomic E-state index is 0.810. The van der Waals surface area contributed by atoms with Crippen molar-refractivity contribution >= 4 is 11.9 Å². The van der Waals surface area contributed by atoms with Crippen LogP contribution in [0.25, 0.3) is 0 Å². The van der Waals surface area contributed by atoms with Crippen LogP contribution in [0, 0.1) is 0 Å². The molecule has 1 aromatic rings. The van der Waals surface area contributed by atoms with E-state index in [1.165, 1.54) is 6.33 Å². The maximum Gasteiger partial charge on any atom is 0.115 e. The van der Waals surface area contributed by atoms with Crippen LogP contribution < -0.4 is 5.43 Å². The minimum Gasteiger partial charge on any atom is -0.276 e. The Kier molecular flexibility index (Phi) is 3.77. The highest BCUT2D eigenvalue weighted by Gasteiger charge is 1.84. The van der Waals surface area contributed by atoms with Crippen LogP contribution in [0.5, 0.6) is 0 Å². The van der Waals surface area contributed by atoms with Gasteiger partial charge < -0.3 is 0 Å². The van der Waals surface area contributed by atoms with Crippen LogP contribution >= 0.6 is 0 Å². The molecular weight excluding hydrogens is 152 g/mol. The smallest absolute Gasteiger partial charge is 0.115 e. The molecule has 12 heavy (non-hydrogen) atoms. The molecule has 1 rings (SSSR count). The fourth-order valence-electron chi connectivity index (χ4n) is 0.671. The summed E-state index contributed by atoms with van der Waals surface area (Å²) in [5, 5.41) is 3.98. The molecule has 1 aromatic heterocycles. The molecule has 4 heteroatoms. The summed E-state index contributed by atoms with van der Waals surface area (Å²) in [5.41, 5.74) is 3.63. The van der Waals surface area contributed by atoms with Crippen LogP contribution in [0.3, 0.4) is 0 Å². The second kappa shape index (κ2) is 5.23. The van der Waals surface area contributed by atoms with E-state index < -0.39 is 0 Å². The molecule has 0 aromatic carbocycles. The van der Waals surface area contributed by atoms with Gasteiger partial charge in [0.2, 0.25) is 0 Å². The van der Waals surface area contributed by atoms with E-state index in [2.05, 4.69) is 27.4 Å². The highest BCUT2D eigenvalue weighted by atomic mass is 15.3. The zero-order valence-corrected chi connectivity index (χ0v) is 7.07. The molecule has 0 aliphatic carbocycles. The molecule has 0 bridgehead atoms. The lowest BCUT2D eigenvalue weighted by molar-refractivity contribution is 1.00. The third-order valence-corrected chi connectivity index (χ3v) is 1.26. The van der Waals surface area contributed by atoms with E-state index in [1.54, 1.807) is 12.4 Å². The van der Waals surface area contributed by atoms with Gasteiger partial charge in [-0.3, -0.25) is 5.43 Å².